The minimum absolute atomic E-state index is 0.112. The fourth-order valence-corrected chi connectivity index (χ4v) is 3.37. The Morgan fingerprint density at radius 2 is 2.38 bits per heavy atom. The summed E-state index contributed by atoms with van der Waals surface area (Å²) in [4.78, 5) is 18.7. The van der Waals surface area contributed by atoms with Gasteiger partial charge in [0.2, 0.25) is 5.91 Å². The summed E-state index contributed by atoms with van der Waals surface area (Å²) in [6.45, 7) is 1.85. The number of hydrogen-bond donors (Lipinski definition) is 1. The molecule has 0 unspecified atom stereocenters. The van der Waals surface area contributed by atoms with Crippen molar-refractivity contribution < 1.29 is 4.79 Å². The van der Waals surface area contributed by atoms with E-state index in [4.69, 9.17) is 0 Å². The van der Waals surface area contributed by atoms with Gasteiger partial charge in [-0.2, -0.15) is 11.3 Å². The molecule has 0 radical (unpaired) electrons. The summed E-state index contributed by atoms with van der Waals surface area (Å²) in [5.74, 6) is 1.11. The van der Waals surface area contributed by atoms with E-state index < -0.39 is 0 Å². The molecule has 1 fully saturated rings. The van der Waals surface area contributed by atoms with E-state index in [1.165, 1.54) is 0 Å². The van der Waals surface area contributed by atoms with Gasteiger partial charge in [0.15, 0.2) is 0 Å². The van der Waals surface area contributed by atoms with Gasteiger partial charge in [-0.05, 0) is 47.4 Å². The molecule has 2 aromatic rings. The van der Waals surface area contributed by atoms with Crippen molar-refractivity contribution in [2.24, 2.45) is 0 Å². The molecule has 0 saturated carbocycles. The van der Waals surface area contributed by atoms with Crippen LogP contribution in [0.3, 0.4) is 0 Å². The number of hydrogen-bond acceptors (Lipinski definition) is 4. The second-order valence-electron chi connectivity index (χ2n) is 5.35. The lowest BCUT2D eigenvalue weighted by molar-refractivity contribution is -0.121. The van der Waals surface area contributed by atoms with E-state index in [9.17, 15) is 4.79 Å². The third-order valence-electron chi connectivity index (χ3n) is 3.70. The number of rotatable bonds is 4. The molecule has 4 nitrogen and oxygen atoms in total. The van der Waals surface area contributed by atoms with Crippen molar-refractivity contribution in [1.29, 1.82) is 0 Å². The summed E-state index contributed by atoms with van der Waals surface area (Å²) >= 11 is 1.63. The predicted octanol–water partition coefficient (Wildman–Crippen LogP) is 2.47. The Labute approximate surface area is 128 Å². The Morgan fingerprint density at radius 3 is 3.14 bits per heavy atom. The van der Waals surface area contributed by atoms with E-state index in [2.05, 4.69) is 15.2 Å². The number of nitrogens with one attached hydrogen (secondary N) is 1. The maximum Gasteiger partial charge on any atom is 0.224 e. The highest BCUT2D eigenvalue weighted by Crippen LogP contribution is 2.17. The quantitative estimate of drug-likeness (QED) is 0.943. The summed E-state index contributed by atoms with van der Waals surface area (Å²) in [6, 6.07) is 8.17. The van der Waals surface area contributed by atoms with E-state index in [0.717, 1.165) is 37.3 Å². The molecular formula is C16H19N3OS. The molecule has 1 N–H and O–H groups in total. The number of thiophene rings is 1. The van der Waals surface area contributed by atoms with Gasteiger partial charge in [-0.3, -0.25) is 4.79 Å². The molecule has 5 heteroatoms. The van der Waals surface area contributed by atoms with Crippen molar-refractivity contribution in [3.63, 3.8) is 0 Å². The first-order chi connectivity index (χ1) is 10.3. The number of nitrogens with zero attached hydrogens (tertiary/aromatic N) is 2. The Hall–Kier alpha value is -1.88. The molecule has 0 bridgehead atoms. The molecule has 1 amide bonds. The summed E-state index contributed by atoms with van der Waals surface area (Å²) in [7, 11) is 0. The third-order valence-corrected chi connectivity index (χ3v) is 4.44. The van der Waals surface area contributed by atoms with Gasteiger partial charge in [0.25, 0.3) is 0 Å². The van der Waals surface area contributed by atoms with Crippen LogP contribution in [0.5, 0.6) is 0 Å². The van der Waals surface area contributed by atoms with E-state index >= 15 is 0 Å². The van der Waals surface area contributed by atoms with Gasteiger partial charge in [-0.25, -0.2) is 4.98 Å². The van der Waals surface area contributed by atoms with Crippen LogP contribution in [0.25, 0.3) is 0 Å². The first-order valence-corrected chi connectivity index (χ1v) is 8.22. The van der Waals surface area contributed by atoms with Gasteiger partial charge in [-0.15, -0.1) is 0 Å². The zero-order valence-electron chi connectivity index (χ0n) is 11.9. The second kappa shape index (κ2) is 6.72. The van der Waals surface area contributed by atoms with Gasteiger partial charge in [0.1, 0.15) is 5.82 Å². The van der Waals surface area contributed by atoms with Gasteiger partial charge in [0, 0.05) is 25.3 Å². The minimum atomic E-state index is 0.112. The van der Waals surface area contributed by atoms with Crippen LogP contribution >= 0.6 is 11.3 Å². The molecule has 1 atom stereocenters. The predicted molar refractivity (Wildman–Crippen MR) is 85.6 cm³/mol. The van der Waals surface area contributed by atoms with Crippen molar-refractivity contribution in [3.8, 4) is 0 Å². The van der Waals surface area contributed by atoms with Gasteiger partial charge < -0.3 is 10.2 Å². The van der Waals surface area contributed by atoms with Crippen molar-refractivity contribution in [3.05, 3.63) is 46.8 Å². The largest absolute Gasteiger partial charge is 0.355 e. The van der Waals surface area contributed by atoms with Crippen molar-refractivity contribution in [2.75, 3.05) is 18.0 Å². The lowest BCUT2D eigenvalue weighted by atomic mass is 10.1. The number of piperidine rings is 1. The number of amides is 1. The molecule has 0 aliphatic carbocycles. The molecule has 3 rings (SSSR count). The number of carbonyl (C=O) groups excluding carboxylic acids is 1. The molecule has 3 heterocycles. The molecule has 1 aliphatic heterocycles. The Morgan fingerprint density at radius 1 is 1.43 bits per heavy atom. The highest BCUT2D eigenvalue weighted by molar-refractivity contribution is 7.07. The molecular weight excluding hydrogens is 282 g/mol. The molecule has 0 spiro atoms. The second-order valence-corrected chi connectivity index (χ2v) is 6.13. The van der Waals surface area contributed by atoms with Crippen LogP contribution in [-0.4, -0.2) is 30.0 Å². The number of pyridine rings is 1. The zero-order valence-corrected chi connectivity index (χ0v) is 12.7. The van der Waals surface area contributed by atoms with Gasteiger partial charge >= 0.3 is 0 Å². The summed E-state index contributed by atoms with van der Waals surface area (Å²) in [5, 5.41) is 7.19. The summed E-state index contributed by atoms with van der Waals surface area (Å²) in [5.41, 5.74) is 1.09. The van der Waals surface area contributed by atoms with Crippen molar-refractivity contribution in [2.45, 2.75) is 25.3 Å². The monoisotopic (exact) mass is 301 g/mol. The maximum atomic E-state index is 12.1. The van der Waals surface area contributed by atoms with Crippen LogP contribution in [0.1, 0.15) is 18.4 Å². The maximum absolute atomic E-state index is 12.1. The first-order valence-electron chi connectivity index (χ1n) is 7.28. The molecule has 1 saturated heterocycles. The topological polar surface area (TPSA) is 45.2 Å². The summed E-state index contributed by atoms with van der Waals surface area (Å²) < 4.78 is 0. The van der Waals surface area contributed by atoms with E-state index in [-0.39, 0.29) is 11.9 Å². The van der Waals surface area contributed by atoms with Crippen LogP contribution in [-0.2, 0) is 11.2 Å². The SMILES string of the molecule is O=C(Cc1ccsc1)N[C@@H]1CCCN(c2ccccn2)C1. The van der Waals surface area contributed by atoms with Crippen LogP contribution < -0.4 is 10.2 Å². The lowest BCUT2D eigenvalue weighted by Crippen LogP contribution is -2.48. The highest BCUT2D eigenvalue weighted by Gasteiger charge is 2.22. The van der Waals surface area contributed by atoms with Crippen LogP contribution in [0, 0.1) is 0 Å². The molecule has 1 aliphatic rings. The van der Waals surface area contributed by atoms with Crippen LogP contribution in [0.4, 0.5) is 5.82 Å². The smallest absolute Gasteiger partial charge is 0.224 e. The van der Waals surface area contributed by atoms with E-state index in [1.54, 1.807) is 11.3 Å². The minimum Gasteiger partial charge on any atom is -0.355 e. The van der Waals surface area contributed by atoms with Gasteiger partial charge in [0.05, 0.1) is 6.42 Å². The molecule has 0 aromatic carbocycles. The lowest BCUT2D eigenvalue weighted by Gasteiger charge is -2.34. The van der Waals surface area contributed by atoms with Gasteiger partial charge in [-0.1, -0.05) is 6.07 Å². The normalized spacial score (nSPS) is 18.5. The molecule has 21 heavy (non-hydrogen) atoms. The fourth-order valence-electron chi connectivity index (χ4n) is 2.70. The first kappa shape index (κ1) is 14.1. The van der Waals surface area contributed by atoms with Crippen molar-refractivity contribution in [1.82, 2.24) is 10.3 Å². The summed E-state index contributed by atoms with van der Waals surface area (Å²) in [6.07, 6.45) is 4.41. The fraction of sp³-hybridized carbons (Fsp3) is 0.375. The third kappa shape index (κ3) is 3.82. The van der Waals surface area contributed by atoms with Crippen LogP contribution in [0.15, 0.2) is 41.2 Å². The van der Waals surface area contributed by atoms with E-state index in [0.29, 0.717) is 6.42 Å². The molecule has 110 valence electrons. The number of aromatic nitrogens is 1. The zero-order chi connectivity index (χ0) is 14.5. The average Bonchev–Trinajstić information content (AvgIpc) is 3.01. The Bertz CT molecular complexity index is 570. The number of carbonyl (C=O) groups is 1. The number of anilines is 1. The standard InChI is InChI=1S/C16H19N3OS/c20-16(10-13-6-9-21-12-13)18-14-4-3-8-19(11-14)15-5-1-2-7-17-15/h1-2,5-7,9,12,14H,3-4,8,10-11H2,(H,18,20)/t14-/m1/s1. The van der Waals surface area contributed by atoms with Crippen LogP contribution in [0.2, 0.25) is 0 Å². The average molecular weight is 301 g/mol. The van der Waals surface area contributed by atoms with E-state index in [1.807, 2.05) is 41.2 Å². The Kier molecular flexibility index (Phi) is 4.50. The highest BCUT2D eigenvalue weighted by atomic mass is 32.1. The molecule has 2 aromatic heterocycles. The van der Waals surface area contributed by atoms with Crippen molar-refractivity contribution >= 4 is 23.1 Å². The Balaban J connectivity index is 1.55.